The highest BCUT2D eigenvalue weighted by molar-refractivity contribution is 4.84. The second-order valence-electron chi connectivity index (χ2n) is 2.49. The van der Waals surface area contributed by atoms with Crippen molar-refractivity contribution in [3.8, 4) is 0 Å². The van der Waals surface area contributed by atoms with Gasteiger partial charge in [-0.25, -0.2) is 0 Å². The van der Waals surface area contributed by atoms with E-state index in [1.54, 1.807) is 0 Å². The lowest BCUT2D eigenvalue weighted by Gasteiger charge is -2.12. The van der Waals surface area contributed by atoms with Crippen LogP contribution in [-0.4, -0.2) is 40.3 Å². The van der Waals surface area contributed by atoms with E-state index in [-0.39, 0.29) is 0 Å². The van der Waals surface area contributed by atoms with Crippen LogP contribution >= 0.6 is 0 Å². The van der Waals surface area contributed by atoms with Gasteiger partial charge in [-0.1, -0.05) is 6.42 Å². The molecule has 2 unspecified atom stereocenters. The summed E-state index contributed by atoms with van der Waals surface area (Å²) in [6.07, 6.45) is 3.76. The average Bonchev–Trinajstić information content (AvgIpc) is 2.72. The van der Waals surface area contributed by atoms with Crippen molar-refractivity contribution >= 4 is 0 Å². The van der Waals surface area contributed by atoms with E-state index in [1.165, 1.54) is 40.4 Å². The van der Waals surface area contributed by atoms with Crippen molar-refractivity contribution in [2.24, 2.45) is 22.9 Å². The molecule has 0 heterocycles. The molecule has 1 fully saturated rings. The van der Waals surface area contributed by atoms with Crippen molar-refractivity contribution in [1.29, 1.82) is 0 Å². The maximum absolute atomic E-state index is 5.73. The standard InChI is InChI=1S/C6H14N2.3CH5N/c1-8-6-4-2-3-5(6)7;3*1-2/h5-6,8H,2-4,7H2,1H3;3*2H2,1H3. The van der Waals surface area contributed by atoms with Gasteiger partial charge >= 0.3 is 0 Å². The fourth-order valence-corrected chi connectivity index (χ4v) is 1.35. The SMILES string of the molecule is CN.CN.CN.CNC1CCCC1N. The van der Waals surface area contributed by atoms with E-state index in [0.29, 0.717) is 12.1 Å². The Kier molecular flexibility index (Phi) is 25.7. The Hall–Kier alpha value is -0.200. The quantitative estimate of drug-likeness (QED) is 0.371. The van der Waals surface area contributed by atoms with Crippen molar-refractivity contribution < 1.29 is 0 Å². The van der Waals surface area contributed by atoms with E-state index < -0.39 is 0 Å². The fraction of sp³-hybridized carbons (Fsp3) is 1.00. The molecule has 2 atom stereocenters. The maximum atomic E-state index is 5.73. The average molecular weight is 207 g/mol. The zero-order valence-corrected chi connectivity index (χ0v) is 10.1. The van der Waals surface area contributed by atoms with Gasteiger partial charge in [-0.3, -0.25) is 0 Å². The number of rotatable bonds is 1. The lowest BCUT2D eigenvalue weighted by molar-refractivity contribution is 0.518. The molecule has 1 aliphatic carbocycles. The van der Waals surface area contributed by atoms with E-state index in [4.69, 9.17) is 5.73 Å². The van der Waals surface area contributed by atoms with Gasteiger partial charge in [-0.15, -0.1) is 0 Å². The van der Waals surface area contributed by atoms with Crippen LogP contribution in [0.15, 0.2) is 0 Å². The molecular formula is C9H29N5. The molecule has 9 N–H and O–H groups in total. The molecule has 0 aromatic carbocycles. The first-order valence-corrected chi connectivity index (χ1v) is 5.00. The topological polar surface area (TPSA) is 116 Å². The normalized spacial score (nSPS) is 23.1. The minimum atomic E-state index is 0.417. The Morgan fingerprint density at radius 3 is 1.50 bits per heavy atom. The molecule has 0 amide bonds. The fourth-order valence-electron chi connectivity index (χ4n) is 1.35. The summed E-state index contributed by atoms with van der Waals surface area (Å²) in [7, 11) is 6.48. The molecule has 0 radical (unpaired) electrons. The van der Waals surface area contributed by atoms with Crippen molar-refractivity contribution in [2.75, 3.05) is 28.2 Å². The van der Waals surface area contributed by atoms with E-state index in [1.807, 2.05) is 7.05 Å². The molecule has 5 heteroatoms. The van der Waals surface area contributed by atoms with Gasteiger partial charge < -0.3 is 28.3 Å². The molecule has 0 aromatic rings. The van der Waals surface area contributed by atoms with E-state index in [9.17, 15) is 0 Å². The first-order valence-electron chi connectivity index (χ1n) is 5.00. The predicted octanol–water partition coefficient (Wildman–Crippen LogP) is -1.19. The van der Waals surface area contributed by atoms with Gasteiger partial charge in [0.05, 0.1) is 0 Å². The monoisotopic (exact) mass is 207 g/mol. The van der Waals surface area contributed by atoms with Crippen molar-refractivity contribution in [3.63, 3.8) is 0 Å². The minimum absolute atomic E-state index is 0.417. The molecule has 1 saturated carbocycles. The summed E-state index contributed by atoms with van der Waals surface area (Å²) in [6.45, 7) is 0. The summed E-state index contributed by atoms with van der Waals surface area (Å²) in [6, 6.07) is 1.01. The van der Waals surface area contributed by atoms with Crippen LogP contribution in [-0.2, 0) is 0 Å². The number of likely N-dealkylation sites (N-methyl/N-ethyl adjacent to an activating group) is 1. The van der Waals surface area contributed by atoms with Crippen molar-refractivity contribution in [2.45, 2.75) is 31.3 Å². The lowest BCUT2D eigenvalue weighted by atomic mass is 10.2. The molecular weight excluding hydrogens is 178 g/mol. The van der Waals surface area contributed by atoms with Crippen LogP contribution in [0.4, 0.5) is 0 Å². The van der Waals surface area contributed by atoms with Crippen molar-refractivity contribution in [3.05, 3.63) is 0 Å². The van der Waals surface area contributed by atoms with Gasteiger partial charge in [0.15, 0.2) is 0 Å². The largest absolute Gasteiger partial charge is 0.333 e. The molecule has 0 aliphatic heterocycles. The van der Waals surface area contributed by atoms with Gasteiger partial charge in [-0.05, 0) is 41.0 Å². The summed E-state index contributed by atoms with van der Waals surface area (Å²) >= 11 is 0. The molecule has 0 aromatic heterocycles. The summed E-state index contributed by atoms with van der Waals surface area (Å²) in [5, 5.41) is 3.19. The Balaban J connectivity index is -0.000000174. The number of hydrogen-bond acceptors (Lipinski definition) is 5. The zero-order chi connectivity index (χ0) is 12.0. The van der Waals surface area contributed by atoms with Crippen LogP contribution in [0.2, 0.25) is 0 Å². The number of hydrogen-bond donors (Lipinski definition) is 5. The second-order valence-corrected chi connectivity index (χ2v) is 2.49. The van der Waals surface area contributed by atoms with Gasteiger partial charge in [0.25, 0.3) is 0 Å². The third-order valence-electron chi connectivity index (χ3n) is 1.94. The Morgan fingerprint density at radius 2 is 1.36 bits per heavy atom. The smallest absolute Gasteiger partial charge is 0.0216 e. The molecule has 14 heavy (non-hydrogen) atoms. The first-order chi connectivity index (χ1) is 6.84. The molecule has 90 valence electrons. The molecule has 0 bridgehead atoms. The first kappa shape index (κ1) is 19.4. The molecule has 1 rings (SSSR count). The highest BCUT2D eigenvalue weighted by Crippen LogP contribution is 2.15. The highest BCUT2D eigenvalue weighted by Gasteiger charge is 2.21. The predicted molar refractivity (Wildman–Crippen MR) is 65.0 cm³/mol. The third-order valence-corrected chi connectivity index (χ3v) is 1.94. The van der Waals surface area contributed by atoms with Crippen LogP contribution in [0.25, 0.3) is 0 Å². The molecule has 5 nitrogen and oxygen atoms in total. The van der Waals surface area contributed by atoms with Gasteiger partial charge in [0.1, 0.15) is 0 Å². The van der Waals surface area contributed by atoms with Gasteiger partial charge in [-0.2, -0.15) is 0 Å². The van der Waals surface area contributed by atoms with E-state index >= 15 is 0 Å². The summed E-state index contributed by atoms with van der Waals surface area (Å²) < 4.78 is 0. The summed E-state index contributed by atoms with van der Waals surface area (Å²) in [4.78, 5) is 0. The van der Waals surface area contributed by atoms with Crippen LogP contribution in [0, 0.1) is 0 Å². The molecule has 0 saturated heterocycles. The van der Waals surface area contributed by atoms with E-state index in [2.05, 4.69) is 22.5 Å². The highest BCUT2D eigenvalue weighted by atomic mass is 14.9. The summed E-state index contributed by atoms with van der Waals surface area (Å²) in [5.74, 6) is 0. The van der Waals surface area contributed by atoms with Crippen LogP contribution in [0.3, 0.4) is 0 Å². The van der Waals surface area contributed by atoms with Crippen LogP contribution < -0.4 is 28.3 Å². The van der Waals surface area contributed by atoms with E-state index in [0.717, 1.165) is 0 Å². The maximum Gasteiger partial charge on any atom is 0.0216 e. The van der Waals surface area contributed by atoms with Crippen LogP contribution in [0.5, 0.6) is 0 Å². The Labute approximate surface area is 88.6 Å². The number of nitrogens with two attached hydrogens (primary N) is 4. The van der Waals surface area contributed by atoms with Gasteiger partial charge in [0, 0.05) is 12.1 Å². The lowest BCUT2D eigenvalue weighted by Crippen LogP contribution is -2.38. The van der Waals surface area contributed by atoms with Gasteiger partial charge in [0.2, 0.25) is 0 Å². The second kappa shape index (κ2) is 18.6. The third kappa shape index (κ3) is 9.88. The minimum Gasteiger partial charge on any atom is -0.333 e. The Bertz CT molecular complexity index is 79.6. The van der Waals surface area contributed by atoms with Crippen LogP contribution in [0.1, 0.15) is 19.3 Å². The molecule has 0 spiro atoms. The summed E-state index contributed by atoms with van der Waals surface area (Å²) in [5.41, 5.74) is 19.2. The van der Waals surface area contributed by atoms with Crippen molar-refractivity contribution in [1.82, 2.24) is 5.32 Å². The zero-order valence-electron chi connectivity index (χ0n) is 10.1. The number of nitrogens with one attached hydrogen (secondary N) is 1. The molecule has 1 aliphatic rings. The Morgan fingerprint density at radius 1 is 0.929 bits per heavy atom.